The molecule has 0 radical (unpaired) electrons. The molecule has 1 aromatic heterocycles. The number of aryl methyl sites for hydroxylation is 3. The smallest absolute Gasteiger partial charge is 0.338 e. The van der Waals surface area contributed by atoms with Crippen molar-refractivity contribution < 1.29 is 9.53 Å². The van der Waals surface area contributed by atoms with Crippen molar-refractivity contribution in [2.75, 3.05) is 6.61 Å². The number of aliphatic imine (C=N–C) groups is 1. The first-order valence-electron chi connectivity index (χ1n) is 9.48. The quantitative estimate of drug-likeness (QED) is 0.428. The lowest BCUT2D eigenvalue weighted by atomic mass is 10.1. The highest BCUT2D eigenvalue weighted by Crippen LogP contribution is 2.23. The van der Waals surface area contributed by atoms with Gasteiger partial charge in [-0.15, -0.1) is 0 Å². The second-order valence-corrected chi connectivity index (χ2v) is 7.04. The van der Waals surface area contributed by atoms with Crippen LogP contribution in [0.2, 0.25) is 0 Å². The summed E-state index contributed by atoms with van der Waals surface area (Å²) in [6.45, 7) is 10.6. The van der Waals surface area contributed by atoms with Gasteiger partial charge in [-0.2, -0.15) is 0 Å². The van der Waals surface area contributed by atoms with Gasteiger partial charge in [0, 0.05) is 28.9 Å². The third-order valence-corrected chi connectivity index (χ3v) is 4.64. The summed E-state index contributed by atoms with van der Waals surface area (Å²) >= 11 is 0. The number of hydrogen-bond acceptors (Lipinski definition) is 3. The molecule has 0 amide bonds. The van der Waals surface area contributed by atoms with E-state index in [-0.39, 0.29) is 5.97 Å². The highest BCUT2D eigenvalue weighted by molar-refractivity contribution is 5.91. The van der Waals surface area contributed by atoms with E-state index in [1.165, 1.54) is 11.1 Å². The monoisotopic (exact) mass is 374 g/mol. The van der Waals surface area contributed by atoms with Crippen LogP contribution >= 0.6 is 0 Å². The van der Waals surface area contributed by atoms with E-state index in [2.05, 4.69) is 61.5 Å². The second-order valence-electron chi connectivity index (χ2n) is 7.04. The predicted molar refractivity (Wildman–Crippen MR) is 114 cm³/mol. The molecule has 2 aromatic carbocycles. The minimum Gasteiger partial charge on any atom is -0.462 e. The Balaban J connectivity index is 1.92. The van der Waals surface area contributed by atoms with Crippen molar-refractivity contribution in [1.82, 2.24) is 4.57 Å². The summed E-state index contributed by atoms with van der Waals surface area (Å²) in [5.41, 5.74) is 8.23. The maximum absolute atomic E-state index is 11.9. The van der Waals surface area contributed by atoms with E-state index in [1.54, 1.807) is 19.1 Å². The van der Waals surface area contributed by atoms with Crippen molar-refractivity contribution in [2.45, 2.75) is 34.6 Å². The first kappa shape index (κ1) is 19.6. The minimum absolute atomic E-state index is 0.326. The summed E-state index contributed by atoms with van der Waals surface area (Å²) in [6.07, 6.45) is 1.85. The summed E-state index contributed by atoms with van der Waals surface area (Å²) in [6, 6.07) is 15.9. The lowest BCUT2D eigenvalue weighted by molar-refractivity contribution is 0.0526. The van der Waals surface area contributed by atoms with Crippen molar-refractivity contribution in [2.24, 2.45) is 4.99 Å². The van der Waals surface area contributed by atoms with E-state index in [0.29, 0.717) is 12.2 Å². The molecular formula is C24H26N2O2. The van der Waals surface area contributed by atoms with Crippen LogP contribution in [0.1, 0.15) is 45.4 Å². The molecule has 0 atom stereocenters. The van der Waals surface area contributed by atoms with E-state index in [4.69, 9.17) is 4.74 Å². The van der Waals surface area contributed by atoms with E-state index in [0.717, 1.165) is 28.3 Å². The van der Waals surface area contributed by atoms with Crippen molar-refractivity contribution in [3.63, 3.8) is 0 Å². The molecule has 0 aliphatic heterocycles. The average Bonchev–Trinajstić information content (AvgIpc) is 2.93. The first-order valence-corrected chi connectivity index (χ1v) is 9.48. The fourth-order valence-electron chi connectivity index (χ4n) is 3.47. The molecule has 3 rings (SSSR count). The Labute approximate surface area is 166 Å². The highest BCUT2D eigenvalue weighted by Gasteiger charge is 2.11. The molecule has 0 saturated carbocycles. The van der Waals surface area contributed by atoms with E-state index < -0.39 is 0 Å². The Bertz CT molecular complexity index is 1020. The van der Waals surface area contributed by atoms with Gasteiger partial charge in [0.1, 0.15) is 0 Å². The standard InChI is InChI=1S/C24H26N2O2/c1-6-28-24(27)20-8-7-9-22(14-20)25-15-21-13-18(4)26(19(21)5)23-11-16(2)10-17(3)12-23/h7-15H,6H2,1-5H3. The van der Waals surface area contributed by atoms with Gasteiger partial charge in [-0.25, -0.2) is 4.79 Å². The van der Waals surface area contributed by atoms with Gasteiger partial charge in [-0.3, -0.25) is 4.99 Å². The number of carbonyl (C=O) groups excluding carboxylic acids is 1. The SMILES string of the molecule is CCOC(=O)c1cccc(N=Cc2cc(C)n(-c3cc(C)cc(C)c3)c2C)c1. The van der Waals surface area contributed by atoms with Crippen LogP contribution in [-0.4, -0.2) is 23.4 Å². The summed E-state index contributed by atoms with van der Waals surface area (Å²) in [5.74, 6) is -0.326. The molecule has 0 unspecified atom stereocenters. The van der Waals surface area contributed by atoms with Crippen LogP contribution < -0.4 is 0 Å². The van der Waals surface area contributed by atoms with Gasteiger partial charge >= 0.3 is 5.97 Å². The maximum Gasteiger partial charge on any atom is 0.338 e. The lowest BCUT2D eigenvalue weighted by Gasteiger charge is -2.11. The molecule has 0 fully saturated rings. The van der Waals surface area contributed by atoms with Gasteiger partial charge in [-0.05, 0) is 82.1 Å². The minimum atomic E-state index is -0.326. The van der Waals surface area contributed by atoms with Crippen LogP contribution in [0.25, 0.3) is 5.69 Å². The van der Waals surface area contributed by atoms with Crippen LogP contribution in [0.5, 0.6) is 0 Å². The Hall–Kier alpha value is -3.14. The summed E-state index contributed by atoms with van der Waals surface area (Å²) < 4.78 is 7.30. The van der Waals surface area contributed by atoms with Crippen LogP contribution in [0, 0.1) is 27.7 Å². The maximum atomic E-state index is 11.9. The van der Waals surface area contributed by atoms with E-state index in [9.17, 15) is 4.79 Å². The zero-order valence-corrected chi connectivity index (χ0v) is 17.1. The van der Waals surface area contributed by atoms with Crippen molar-refractivity contribution in [3.05, 3.63) is 82.2 Å². The molecule has 144 valence electrons. The predicted octanol–water partition coefficient (Wildman–Crippen LogP) is 5.64. The molecule has 1 heterocycles. The summed E-state index contributed by atoms with van der Waals surface area (Å²) in [5, 5.41) is 0. The Morgan fingerprint density at radius 1 is 1.04 bits per heavy atom. The number of aromatic nitrogens is 1. The molecule has 3 aromatic rings. The molecule has 28 heavy (non-hydrogen) atoms. The molecule has 0 aliphatic rings. The van der Waals surface area contributed by atoms with Crippen LogP contribution in [-0.2, 0) is 4.74 Å². The fourth-order valence-corrected chi connectivity index (χ4v) is 3.47. The van der Waals surface area contributed by atoms with Gasteiger partial charge < -0.3 is 9.30 Å². The Morgan fingerprint density at radius 2 is 1.75 bits per heavy atom. The number of ether oxygens (including phenoxy) is 1. The van der Waals surface area contributed by atoms with Gasteiger partial charge in [-0.1, -0.05) is 12.1 Å². The zero-order valence-electron chi connectivity index (χ0n) is 17.1. The van der Waals surface area contributed by atoms with Crippen molar-refractivity contribution >= 4 is 17.9 Å². The zero-order chi connectivity index (χ0) is 20.3. The highest BCUT2D eigenvalue weighted by atomic mass is 16.5. The van der Waals surface area contributed by atoms with Gasteiger partial charge in [0.15, 0.2) is 0 Å². The molecule has 0 aliphatic carbocycles. The molecular weight excluding hydrogens is 348 g/mol. The molecule has 0 bridgehead atoms. The molecule has 0 spiro atoms. The second kappa shape index (κ2) is 8.26. The van der Waals surface area contributed by atoms with E-state index in [1.807, 2.05) is 18.3 Å². The summed E-state index contributed by atoms with van der Waals surface area (Å²) in [7, 11) is 0. The third-order valence-electron chi connectivity index (χ3n) is 4.64. The molecule has 4 heteroatoms. The molecule has 4 nitrogen and oxygen atoms in total. The number of rotatable bonds is 5. The first-order chi connectivity index (χ1) is 13.4. The van der Waals surface area contributed by atoms with Gasteiger partial charge in [0.25, 0.3) is 0 Å². The largest absolute Gasteiger partial charge is 0.462 e. The molecule has 0 saturated heterocycles. The number of nitrogens with zero attached hydrogens (tertiary/aromatic N) is 2. The lowest BCUT2D eigenvalue weighted by Crippen LogP contribution is -2.03. The fraction of sp³-hybridized carbons (Fsp3) is 0.250. The number of carbonyl (C=O) groups is 1. The number of benzene rings is 2. The molecule has 0 N–H and O–H groups in total. The number of hydrogen-bond donors (Lipinski definition) is 0. The topological polar surface area (TPSA) is 43.6 Å². The number of esters is 1. The third kappa shape index (κ3) is 4.22. The van der Waals surface area contributed by atoms with Gasteiger partial charge in [0.05, 0.1) is 17.9 Å². The van der Waals surface area contributed by atoms with Crippen molar-refractivity contribution in [1.29, 1.82) is 0 Å². The Kier molecular flexibility index (Phi) is 5.78. The summed E-state index contributed by atoms with van der Waals surface area (Å²) in [4.78, 5) is 16.5. The van der Waals surface area contributed by atoms with Crippen LogP contribution in [0.4, 0.5) is 5.69 Å². The van der Waals surface area contributed by atoms with Gasteiger partial charge in [0.2, 0.25) is 0 Å². The normalized spacial score (nSPS) is 11.2. The van der Waals surface area contributed by atoms with Crippen molar-refractivity contribution in [3.8, 4) is 5.69 Å². The van der Waals surface area contributed by atoms with E-state index >= 15 is 0 Å². The van der Waals surface area contributed by atoms with Crippen LogP contribution in [0.15, 0.2) is 53.5 Å². The van der Waals surface area contributed by atoms with Crippen LogP contribution in [0.3, 0.4) is 0 Å². The average molecular weight is 374 g/mol. The Morgan fingerprint density at radius 3 is 2.43 bits per heavy atom.